The lowest BCUT2D eigenvalue weighted by Gasteiger charge is -2.26. The van der Waals surface area contributed by atoms with Crippen molar-refractivity contribution in [3.05, 3.63) is 0 Å². The largest absolute Gasteiger partial charge is 0.444 e. The number of amides is 1. The molecule has 0 aromatic heterocycles. The maximum atomic E-state index is 11.7. The molecule has 0 bridgehead atoms. The second-order valence-corrected chi connectivity index (χ2v) is 4.53. The summed E-state index contributed by atoms with van der Waals surface area (Å²) in [6.45, 7) is 9.99. The molecular weight excluding hydrogens is 208 g/mol. The van der Waals surface area contributed by atoms with E-state index in [4.69, 9.17) is 9.84 Å². The molecule has 0 rings (SSSR count). The summed E-state index contributed by atoms with van der Waals surface area (Å²) in [4.78, 5) is 13.3. The van der Waals surface area contributed by atoms with Gasteiger partial charge in [-0.15, -0.1) is 0 Å². The second kappa shape index (κ2) is 7.46. The molecular formula is C11H24N2O3. The lowest BCUT2D eigenvalue weighted by atomic mass is 10.2. The van der Waals surface area contributed by atoms with Crippen LogP contribution in [0, 0.1) is 0 Å². The van der Waals surface area contributed by atoms with Crippen molar-refractivity contribution in [2.45, 2.75) is 33.3 Å². The first-order valence-electron chi connectivity index (χ1n) is 5.70. The normalized spacial score (nSPS) is 11.3. The quantitative estimate of drug-likeness (QED) is 0.666. The summed E-state index contributed by atoms with van der Waals surface area (Å²) in [5.74, 6) is 0. The maximum absolute atomic E-state index is 11.7. The summed E-state index contributed by atoms with van der Waals surface area (Å²) in [6, 6.07) is 0. The van der Waals surface area contributed by atoms with Gasteiger partial charge in [0, 0.05) is 26.2 Å². The molecule has 0 unspecified atom stereocenters. The highest BCUT2D eigenvalue weighted by molar-refractivity contribution is 5.68. The van der Waals surface area contributed by atoms with Gasteiger partial charge in [-0.25, -0.2) is 4.79 Å². The molecule has 0 aliphatic heterocycles. The van der Waals surface area contributed by atoms with Gasteiger partial charge in [0.1, 0.15) is 5.60 Å². The highest BCUT2D eigenvalue weighted by atomic mass is 16.6. The minimum atomic E-state index is -0.455. The number of hydrogen-bond acceptors (Lipinski definition) is 4. The molecule has 0 fully saturated rings. The Balaban J connectivity index is 3.93. The third-order valence-corrected chi connectivity index (χ3v) is 1.88. The Morgan fingerprint density at radius 1 is 1.38 bits per heavy atom. The Kier molecular flexibility index (Phi) is 7.08. The monoisotopic (exact) mass is 232 g/mol. The fourth-order valence-corrected chi connectivity index (χ4v) is 1.12. The molecule has 0 saturated carbocycles. The third kappa shape index (κ3) is 7.48. The molecule has 0 radical (unpaired) electrons. The number of carbonyl (C=O) groups excluding carboxylic acids is 1. The number of aliphatic hydroxyl groups excluding tert-OH is 1. The van der Waals surface area contributed by atoms with E-state index in [0.717, 1.165) is 0 Å². The molecule has 0 aromatic rings. The molecule has 96 valence electrons. The number of likely N-dealkylation sites (N-methyl/N-ethyl adjacent to an activating group) is 1. The number of nitrogens with zero attached hydrogens (tertiary/aromatic N) is 1. The van der Waals surface area contributed by atoms with Crippen molar-refractivity contribution in [1.82, 2.24) is 10.2 Å². The molecule has 2 N–H and O–H groups in total. The molecule has 0 spiro atoms. The zero-order valence-corrected chi connectivity index (χ0v) is 10.7. The fraction of sp³-hybridized carbons (Fsp3) is 0.909. The zero-order valence-electron chi connectivity index (χ0n) is 10.7. The van der Waals surface area contributed by atoms with Crippen LogP contribution in [0.3, 0.4) is 0 Å². The van der Waals surface area contributed by atoms with Gasteiger partial charge in [-0.3, -0.25) is 0 Å². The van der Waals surface area contributed by atoms with Gasteiger partial charge in [-0.1, -0.05) is 0 Å². The Bertz CT molecular complexity index is 202. The first-order chi connectivity index (χ1) is 7.40. The van der Waals surface area contributed by atoms with Gasteiger partial charge in [0.15, 0.2) is 0 Å². The minimum absolute atomic E-state index is 0.110. The van der Waals surface area contributed by atoms with Crippen LogP contribution >= 0.6 is 0 Å². The van der Waals surface area contributed by atoms with Crippen LogP contribution in [0.15, 0.2) is 0 Å². The van der Waals surface area contributed by atoms with Crippen molar-refractivity contribution < 1.29 is 14.6 Å². The van der Waals surface area contributed by atoms with Crippen LogP contribution in [0.5, 0.6) is 0 Å². The predicted octanol–water partition coefficient (Wildman–Crippen LogP) is 0.825. The predicted molar refractivity (Wildman–Crippen MR) is 63.4 cm³/mol. The fourth-order valence-electron chi connectivity index (χ4n) is 1.12. The van der Waals surface area contributed by atoms with Crippen LogP contribution in [-0.4, -0.2) is 54.5 Å². The summed E-state index contributed by atoms with van der Waals surface area (Å²) in [6.07, 6.45) is -0.291. The van der Waals surface area contributed by atoms with Crippen LogP contribution in [-0.2, 0) is 4.74 Å². The van der Waals surface area contributed by atoms with Gasteiger partial charge < -0.3 is 20.1 Å². The Labute approximate surface area is 97.8 Å². The third-order valence-electron chi connectivity index (χ3n) is 1.88. The van der Waals surface area contributed by atoms with Gasteiger partial charge >= 0.3 is 6.09 Å². The van der Waals surface area contributed by atoms with Crippen molar-refractivity contribution in [2.24, 2.45) is 0 Å². The second-order valence-electron chi connectivity index (χ2n) is 4.53. The van der Waals surface area contributed by atoms with E-state index in [2.05, 4.69) is 5.32 Å². The first-order valence-corrected chi connectivity index (χ1v) is 5.70. The van der Waals surface area contributed by atoms with Crippen LogP contribution in [0.4, 0.5) is 4.79 Å². The molecule has 0 atom stereocenters. The van der Waals surface area contributed by atoms with Gasteiger partial charge in [0.25, 0.3) is 0 Å². The van der Waals surface area contributed by atoms with E-state index in [1.54, 1.807) is 4.90 Å². The highest BCUT2D eigenvalue weighted by Crippen LogP contribution is 2.09. The minimum Gasteiger partial charge on any atom is -0.444 e. The molecule has 5 nitrogen and oxygen atoms in total. The number of hydrogen-bond donors (Lipinski definition) is 2. The summed E-state index contributed by atoms with van der Waals surface area (Å²) < 4.78 is 5.26. The summed E-state index contributed by atoms with van der Waals surface area (Å²) in [5.41, 5.74) is -0.455. The SMILES string of the molecule is CCN(CCNCCO)C(=O)OC(C)(C)C. The molecule has 0 heterocycles. The molecule has 5 heteroatoms. The highest BCUT2D eigenvalue weighted by Gasteiger charge is 2.20. The van der Waals surface area contributed by atoms with Crippen LogP contribution < -0.4 is 5.32 Å². The summed E-state index contributed by atoms with van der Waals surface area (Å²) in [7, 11) is 0. The molecule has 1 amide bonds. The Morgan fingerprint density at radius 3 is 2.44 bits per heavy atom. The molecule has 16 heavy (non-hydrogen) atoms. The Hall–Kier alpha value is -0.810. The van der Waals surface area contributed by atoms with E-state index in [9.17, 15) is 4.79 Å². The van der Waals surface area contributed by atoms with Gasteiger partial charge in [-0.2, -0.15) is 0 Å². The Morgan fingerprint density at radius 2 is 2.00 bits per heavy atom. The van der Waals surface area contributed by atoms with Crippen molar-refractivity contribution in [3.63, 3.8) is 0 Å². The topological polar surface area (TPSA) is 61.8 Å². The average Bonchev–Trinajstić information content (AvgIpc) is 2.15. The zero-order chi connectivity index (χ0) is 12.6. The standard InChI is InChI=1S/C11H24N2O3/c1-5-13(8-6-12-7-9-14)10(15)16-11(2,3)4/h12,14H,5-9H2,1-4H3. The van der Waals surface area contributed by atoms with Crippen molar-refractivity contribution in [3.8, 4) is 0 Å². The lowest BCUT2D eigenvalue weighted by Crippen LogP contribution is -2.40. The number of rotatable bonds is 6. The van der Waals surface area contributed by atoms with E-state index in [-0.39, 0.29) is 12.7 Å². The molecule has 0 aromatic carbocycles. The van der Waals surface area contributed by atoms with Crippen LogP contribution in [0.1, 0.15) is 27.7 Å². The van der Waals surface area contributed by atoms with Gasteiger partial charge in [0.05, 0.1) is 6.61 Å². The summed E-state index contributed by atoms with van der Waals surface area (Å²) in [5, 5.41) is 11.6. The number of ether oxygens (including phenoxy) is 1. The van der Waals surface area contributed by atoms with Crippen LogP contribution in [0.2, 0.25) is 0 Å². The molecule has 0 aliphatic carbocycles. The van der Waals surface area contributed by atoms with Gasteiger partial charge in [-0.05, 0) is 27.7 Å². The summed E-state index contributed by atoms with van der Waals surface area (Å²) >= 11 is 0. The molecule has 0 saturated heterocycles. The van der Waals surface area contributed by atoms with E-state index in [1.165, 1.54) is 0 Å². The van der Waals surface area contributed by atoms with E-state index in [0.29, 0.717) is 26.2 Å². The van der Waals surface area contributed by atoms with E-state index >= 15 is 0 Å². The van der Waals surface area contributed by atoms with Crippen molar-refractivity contribution in [2.75, 3.05) is 32.8 Å². The number of aliphatic hydroxyl groups is 1. The lowest BCUT2D eigenvalue weighted by molar-refractivity contribution is 0.0262. The number of carbonyl (C=O) groups is 1. The first kappa shape index (κ1) is 15.2. The van der Waals surface area contributed by atoms with E-state index < -0.39 is 5.60 Å². The van der Waals surface area contributed by atoms with Crippen LogP contribution in [0.25, 0.3) is 0 Å². The van der Waals surface area contributed by atoms with Gasteiger partial charge in [0.2, 0.25) is 0 Å². The van der Waals surface area contributed by atoms with E-state index in [1.807, 2.05) is 27.7 Å². The smallest absolute Gasteiger partial charge is 0.410 e. The number of nitrogens with one attached hydrogen (secondary N) is 1. The van der Waals surface area contributed by atoms with Crippen molar-refractivity contribution in [1.29, 1.82) is 0 Å². The maximum Gasteiger partial charge on any atom is 0.410 e. The van der Waals surface area contributed by atoms with Crippen molar-refractivity contribution >= 4 is 6.09 Å². The average molecular weight is 232 g/mol. The molecule has 0 aliphatic rings.